The summed E-state index contributed by atoms with van der Waals surface area (Å²) in [5.41, 5.74) is 1.37. The van der Waals surface area contributed by atoms with Crippen molar-refractivity contribution in [2.75, 3.05) is 25.9 Å². The van der Waals surface area contributed by atoms with Gasteiger partial charge in [-0.1, -0.05) is 37.3 Å². The fourth-order valence-corrected chi connectivity index (χ4v) is 5.17. The summed E-state index contributed by atoms with van der Waals surface area (Å²) < 4.78 is 26.0. The van der Waals surface area contributed by atoms with Gasteiger partial charge in [-0.2, -0.15) is 0 Å². The zero-order chi connectivity index (χ0) is 18.6. The van der Waals surface area contributed by atoms with Crippen LogP contribution in [0, 0.1) is 0 Å². The van der Waals surface area contributed by atoms with Gasteiger partial charge in [0.05, 0.1) is 5.75 Å². The van der Waals surface area contributed by atoms with Crippen molar-refractivity contribution in [1.29, 1.82) is 0 Å². The minimum atomic E-state index is -3.08. The van der Waals surface area contributed by atoms with E-state index in [9.17, 15) is 8.42 Å². The highest BCUT2D eigenvalue weighted by atomic mass is 32.2. The number of aliphatic imine (C=N–C) groups is 1. The van der Waals surface area contributed by atoms with Crippen molar-refractivity contribution in [3.63, 3.8) is 0 Å². The Balaban J connectivity index is 1.46. The molecular weight excluding hydrogens is 348 g/mol. The molecule has 3 rings (SSSR count). The molecule has 0 bridgehead atoms. The third-order valence-corrected chi connectivity index (χ3v) is 7.29. The number of nitrogens with zero attached hydrogens (tertiary/aromatic N) is 2. The number of piperidine rings is 1. The highest BCUT2D eigenvalue weighted by molar-refractivity contribution is 7.89. The SMILES string of the molecule is CCCS(=O)(=O)N1CCC(NC(=NC)NC2CC2c2ccccc2)CC1. The monoisotopic (exact) mass is 378 g/mol. The Morgan fingerprint density at radius 1 is 1.19 bits per heavy atom. The van der Waals surface area contributed by atoms with Crippen LogP contribution in [0.5, 0.6) is 0 Å². The first-order valence-electron chi connectivity index (χ1n) is 9.56. The molecule has 1 aliphatic carbocycles. The maximum absolute atomic E-state index is 12.2. The minimum absolute atomic E-state index is 0.247. The highest BCUT2D eigenvalue weighted by Crippen LogP contribution is 2.40. The molecule has 2 N–H and O–H groups in total. The van der Waals surface area contributed by atoms with Crippen LogP contribution in [0.25, 0.3) is 0 Å². The van der Waals surface area contributed by atoms with E-state index in [0.717, 1.165) is 25.2 Å². The summed E-state index contributed by atoms with van der Waals surface area (Å²) in [6.45, 7) is 3.09. The van der Waals surface area contributed by atoms with Crippen LogP contribution in [0.15, 0.2) is 35.3 Å². The van der Waals surface area contributed by atoms with Crippen LogP contribution in [0.2, 0.25) is 0 Å². The minimum Gasteiger partial charge on any atom is -0.354 e. The smallest absolute Gasteiger partial charge is 0.214 e. The van der Waals surface area contributed by atoms with Crippen molar-refractivity contribution in [2.45, 2.75) is 50.6 Å². The topological polar surface area (TPSA) is 73.8 Å². The normalized spacial score (nSPS) is 25.1. The first kappa shape index (κ1) is 19.2. The highest BCUT2D eigenvalue weighted by Gasteiger charge is 2.39. The molecule has 2 atom stereocenters. The predicted octanol–water partition coefficient (Wildman–Crippen LogP) is 1.91. The van der Waals surface area contributed by atoms with Crippen LogP contribution < -0.4 is 10.6 Å². The van der Waals surface area contributed by atoms with E-state index in [-0.39, 0.29) is 11.8 Å². The third-order valence-electron chi connectivity index (χ3n) is 5.21. The van der Waals surface area contributed by atoms with Crippen molar-refractivity contribution < 1.29 is 8.42 Å². The van der Waals surface area contributed by atoms with Gasteiger partial charge in [-0.3, -0.25) is 4.99 Å². The zero-order valence-electron chi connectivity index (χ0n) is 15.7. The summed E-state index contributed by atoms with van der Waals surface area (Å²) in [6, 6.07) is 11.2. The first-order chi connectivity index (χ1) is 12.5. The average Bonchev–Trinajstić information content (AvgIpc) is 3.41. The van der Waals surface area contributed by atoms with E-state index in [1.807, 2.05) is 13.0 Å². The lowest BCUT2D eigenvalue weighted by Crippen LogP contribution is -2.50. The van der Waals surface area contributed by atoms with E-state index in [2.05, 4.69) is 39.9 Å². The standard InChI is InChI=1S/C19H30N4O2S/c1-3-13-26(24,25)23-11-9-16(10-12-23)21-19(20-2)22-18-14-17(18)15-7-5-4-6-8-15/h4-8,16-18H,3,9-14H2,1-2H3,(H2,20,21,22). The molecule has 0 amide bonds. The molecule has 1 heterocycles. The summed E-state index contributed by atoms with van der Waals surface area (Å²) >= 11 is 0. The molecular formula is C19H30N4O2S. The van der Waals surface area contributed by atoms with Crippen LogP contribution in [0.1, 0.15) is 44.1 Å². The second-order valence-electron chi connectivity index (χ2n) is 7.21. The van der Waals surface area contributed by atoms with Crippen molar-refractivity contribution in [3.8, 4) is 0 Å². The molecule has 0 aromatic heterocycles. The first-order valence-corrected chi connectivity index (χ1v) is 11.2. The lowest BCUT2D eigenvalue weighted by molar-refractivity contribution is 0.306. The Morgan fingerprint density at radius 2 is 1.88 bits per heavy atom. The molecule has 6 nitrogen and oxygen atoms in total. The molecule has 7 heteroatoms. The summed E-state index contributed by atoms with van der Waals surface area (Å²) in [5.74, 6) is 1.62. The van der Waals surface area contributed by atoms with E-state index in [1.165, 1.54) is 5.56 Å². The number of benzene rings is 1. The van der Waals surface area contributed by atoms with E-state index in [4.69, 9.17) is 0 Å². The number of nitrogens with one attached hydrogen (secondary N) is 2. The predicted molar refractivity (Wildman–Crippen MR) is 106 cm³/mol. The molecule has 1 aromatic carbocycles. The molecule has 26 heavy (non-hydrogen) atoms. The van der Waals surface area contributed by atoms with Crippen molar-refractivity contribution in [1.82, 2.24) is 14.9 Å². The van der Waals surface area contributed by atoms with Crippen molar-refractivity contribution in [3.05, 3.63) is 35.9 Å². The maximum Gasteiger partial charge on any atom is 0.214 e. The van der Waals surface area contributed by atoms with Gasteiger partial charge in [0.25, 0.3) is 0 Å². The molecule has 0 radical (unpaired) electrons. The van der Waals surface area contributed by atoms with Gasteiger partial charge >= 0.3 is 0 Å². The number of rotatable bonds is 6. The Hall–Kier alpha value is -1.60. The van der Waals surface area contributed by atoms with Gasteiger partial charge in [-0.05, 0) is 31.2 Å². The molecule has 1 aliphatic heterocycles. The summed E-state index contributed by atoms with van der Waals surface area (Å²) in [4.78, 5) is 4.35. The molecule has 1 aromatic rings. The number of hydrogen-bond donors (Lipinski definition) is 2. The summed E-state index contributed by atoms with van der Waals surface area (Å²) in [7, 11) is -1.29. The van der Waals surface area contributed by atoms with Crippen molar-refractivity contribution in [2.24, 2.45) is 4.99 Å². The summed E-state index contributed by atoms with van der Waals surface area (Å²) in [6.07, 6.45) is 3.42. The largest absolute Gasteiger partial charge is 0.354 e. The Morgan fingerprint density at radius 3 is 2.50 bits per heavy atom. The summed E-state index contributed by atoms with van der Waals surface area (Å²) in [5, 5.41) is 6.98. The second kappa shape index (κ2) is 8.39. The zero-order valence-corrected chi connectivity index (χ0v) is 16.5. The molecule has 1 saturated heterocycles. The number of hydrogen-bond acceptors (Lipinski definition) is 3. The molecule has 1 saturated carbocycles. The lowest BCUT2D eigenvalue weighted by Gasteiger charge is -2.32. The quantitative estimate of drug-likeness (QED) is 0.586. The lowest BCUT2D eigenvalue weighted by atomic mass is 10.1. The molecule has 2 unspecified atom stereocenters. The fraction of sp³-hybridized carbons (Fsp3) is 0.632. The molecule has 2 aliphatic rings. The van der Waals surface area contributed by atoms with Gasteiger partial charge in [-0.25, -0.2) is 12.7 Å². The molecule has 144 valence electrons. The van der Waals surface area contributed by atoms with Crippen LogP contribution in [0.3, 0.4) is 0 Å². The fourth-order valence-electron chi connectivity index (χ4n) is 3.63. The van der Waals surface area contributed by atoms with Crippen LogP contribution in [-0.2, 0) is 10.0 Å². The second-order valence-corrected chi connectivity index (χ2v) is 9.30. The number of sulfonamides is 1. The Labute approximate surface area is 157 Å². The molecule has 2 fully saturated rings. The van der Waals surface area contributed by atoms with E-state index < -0.39 is 10.0 Å². The van der Waals surface area contributed by atoms with Crippen LogP contribution >= 0.6 is 0 Å². The molecule has 0 spiro atoms. The average molecular weight is 379 g/mol. The third kappa shape index (κ3) is 4.76. The van der Waals surface area contributed by atoms with Gasteiger partial charge < -0.3 is 10.6 Å². The Bertz CT molecular complexity index is 712. The van der Waals surface area contributed by atoms with Crippen LogP contribution in [-0.4, -0.2) is 56.7 Å². The van der Waals surface area contributed by atoms with Gasteiger partial charge in [0, 0.05) is 38.1 Å². The van der Waals surface area contributed by atoms with Gasteiger partial charge in [0.2, 0.25) is 10.0 Å². The van der Waals surface area contributed by atoms with E-state index in [0.29, 0.717) is 31.5 Å². The van der Waals surface area contributed by atoms with Gasteiger partial charge in [0.15, 0.2) is 5.96 Å². The van der Waals surface area contributed by atoms with E-state index >= 15 is 0 Å². The van der Waals surface area contributed by atoms with Crippen LogP contribution in [0.4, 0.5) is 0 Å². The van der Waals surface area contributed by atoms with Gasteiger partial charge in [0.1, 0.15) is 0 Å². The Kier molecular flexibility index (Phi) is 6.19. The van der Waals surface area contributed by atoms with Crippen molar-refractivity contribution >= 4 is 16.0 Å². The van der Waals surface area contributed by atoms with Gasteiger partial charge in [-0.15, -0.1) is 0 Å². The number of guanidine groups is 1. The van der Waals surface area contributed by atoms with E-state index in [1.54, 1.807) is 11.4 Å². The maximum atomic E-state index is 12.2.